The highest BCUT2D eigenvalue weighted by Gasteiger charge is 2.28. The molecule has 0 spiro atoms. The number of benzene rings is 2. The fourth-order valence-corrected chi connectivity index (χ4v) is 7.30. The Bertz CT molecular complexity index is 1240. The summed E-state index contributed by atoms with van der Waals surface area (Å²) in [5.74, 6) is 0.729. The van der Waals surface area contributed by atoms with Crippen LogP contribution in [-0.2, 0) is 16.6 Å². The second-order valence-corrected chi connectivity index (χ2v) is 11.9. The molecular formula is C25H34Cl2N4O3S2. The van der Waals surface area contributed by atoms with E-state index in [4.69, 9.17) is 4.74 Å². The molecule has 11 heteroatoms. The van der Waals surface area contributed by atoms with Gasteiger partial charge in [0.2, 0.25) is 0 Å². The second-order valence-electron chi connectivity index (χ2n) is 8.55. The van der Waals surface area contributed by atoms with Gasteiger partial charge in [-0.2, -0.15) is 0 Å². The number of thiazole rings is 1. The molecule has 0 saturated carbocycles. The van der Waals surface area contributed by atoms with Crippen molar-refractivity contribution >= 4 is 51.9 Å². The van der Waals surface area contributed by atoms with Gasteiger partial charge in [0.1, 0.15) is 5.75 Å². The summed E-state index contributed by atoms with van der Waals surface area (Å²) in [4.78, 5) is 4.29. The van der Waals surface area contributed by atoms with Crippen LogP contribution >= 0.6 is 36.2 Å². The maximum absolute atomic E-state index is 13.3. The molecular weight excluding hydrogens is 539 g/mol. The molecule has 36 heavy (non-hydrogen) atoms. The summed E-state index contributed by atoms with van der Waals surface area (Å²) in [6, 6.07) is 16.5. The predicted octanol–water partition coefficient (Wildman–Crippen LogP) is 5.02. The highest BCUT2D eigenvalue weighted by Crippen LogP contribution is 2.32. The van der Waals surface area contributed by atoms with Crippen molar-refractivity contribution in [2.24, 2.45) is 0 Å². The Morgan fingerprint density at radius 2 is 1.89 bits per heavy atom. The first-order chi connectivity index (χ1) is 16.3. The normalized spacial score (nSPS) is 17.6. The van der Waals surface area contributed by atoms with Gasteiger partial charge in [-0.1, -0.05) is 30.3 Å². The van der Waals surface area contributed by atoms with Gasteiger partial charge in [0, 0.05) is 31.2 Å². The van der Waals surface area contributed by atoms with Gasteiger partial charge < -0.3 is 15.4 Å². The number of nitrogens with zero attached hydrogens (tertiary/aromatic N) is 2. The standard InChI is InChI=1S/C25H32N4O3S2.2ClH/c1-17-25(33-18(2)28-17)34(30,31)29(3)21-12-13-23(32-4)20(15-21)16-27-22-11-8-14-26-24(22)19-9-6-5-7-10-19;;/h5-7,9-10,12-13,15,22,24,26-27H,8,11,14,16H2,1-4H3;2*1H. The minimum atomic E-state index is -3.70. The van der Waals surface area contributed by atoms with E-state index in [1.807, 2.05) is 25.1 Å². The van der Waals surface area contributed by atoms with Crippen LogP contribution in [0.3, 0.4) is 0 Å². The van der Waals surface area contributed by atoms with Crippen molar-refractivity contribution in [2.45, 2.75) is 49.5 Å². The lowest BCUT2D eigenvalue weighted by molar-refractivity contribution is 0.303. The lowest BCUT2D eigenvalue weighted by Gasteiger charge is -2.34. The summed E-state index contributed by atoms with van der Waals surface area (Å²) in [7, 11) is -0.481. The van der Waals surface area contributed by atoms with E-state index >= 15 is 0 Å². The van der Waals surface area contributed by atoms with E-state index in [9.17, 15) is 8.42 Å². The first-order valence-corrected chi connectivity index (χ1v) is 13.7. The smallest absolute Gasteiger partial charge is 0.275 e. The Balaban J connectivity index is 0.00000228. The number of nitrogens with one attached hydrogen (secondary N) is 2. The average molecular weight is 574 g/mol. The van der Waals surface area contributed by atoms with Crippen LogP contribution in [0.5, 0.6) is 5.75 Å². The predicted molar refractivity (Wildman–Crippen MR) is 152 cm³/mol. The zero-order valence-corrected chi connectivity index (χ0v) is 24.1. The maximum Gasteiger partial charge on any atom is 0.275 e. The van der Waals surface area contributed by atoms with E-state index in [-0.39, 0.29) is 41.1 Å². The number of hydrogen-bond donors (Lipinski definition) is 2. The monoisotopic (exact) mass is 572 g/mol. The Morgan fingerprint density at radius 3 is 2.53 bits per heavy atom. The quantitative estimate of drug-likeness (QED) is 0.394. The number of sulfonamides is 1. The van der Waals surface area contributed by atoms with Crippen molar-refractivity contribution in [3.8, 4) is 5.75 Å². The highest BCUT2D eigenvalue weighted by molar-refractivity contribution is 7.94. The molecule has 7 nitrogen and oxygen atoms in total. The molecule has 1 aliphatic rings. The zero-order chi connectivity index (χ0) is 24.3. The zero-order valence-electron chi connectivity index (χ0n) is 20.9. The fraction of sp³-hybridized carbons (Fsp3) is 0.400. The molecule has 0 radical (unpaired) electrons. The molecule has 2 atom stereocenters. The third kappa shape index (κ3) is 6.51. The number of anilines is 1. The van der Waals surface area contributed by atoms with Crippen molar-refractivity contribution in [1.82, 2.24) is 15.6 Å². The lowest BCUT2D eigenvalue weighted by Crippen LogP contribution is -2.45. The third-order valence-corrected chi connectivity index (χ3v) is 9.70. The summed E-state index contributed by atoms with van der Waals surface area (Å²) in [6.45, 7) is 5.11. The first kappa shape index (κ1) is 30.3. The molecule has 2 N–H and O–H groups in total. The largest absolute Gasteiger partial charge is 0.496 e. The van der Waals surface area contributed by atoms with Crippen LogP contribution in [0.4, 0.5) is 5.69 Å². The molecule has 4 rings (SSSR count). The van der Waals surface area contributed by atoms with Gasteiger partial charge in [-0.25, -0.2) is 13.4 Å². The molecule has 0 bridgehead atoms. The van der Waals surface area contributed by atoms with Gasteiger partial charge in [-0.3, -0.25) is 4.31 Å². The number of aromatic nitrogens is 1. The van der Waals surface area contributed by atoms with Crippen molar-refractivity contribution in [3.05, 3.63) is 70.4 Å². The van der Waals surface area contributed by atoms with Gasteiger partial charge in [-0.05, 0) is 57.0 Å². The fourth-order valence-electron chi connectivity index (χ4n) is 4.47. The molecule has 2 heterocycles. The SMILES string of the molecule is COc1ccc(N(C)S(=O)(=O)c2sc(C)nc2C)cc1CNC1CCCNC1c1ccccc1.Cl.Cl. The Morgan fingerprint density at radius 1 is 1.17 bits per heavy atom. The molecule has 1 aliphatic heterocycles. The van der Waals surface area contributed by atoms with Crippen LogP contribution in [0, 0.1) is 13.8 Å². The molecule has 2 unspecified atom stereocenters. The summed E-state index contributed by atoms with van der Waals surface area (Å²) >= 11 is 1.20. The van der Waals surface area contributed by atoms with Gasteiger partial charge in [0.05, 0.1) is 23.5 Å². The molecule has 1 saturated heterocycles. The topological polar surface area (TPSA) is 83.6 Å². The Labute approximate surface area is 230 Å². The molecule has 0 amide bonds. The Hall–Kier alpha value is -1.88. The van der Waals surface area contributed by atoms with Crippen molar-refractivity contribution in [1.29, 1.82) is 0 Å². The van der Waals surface area contributed by atoms with E-state index in [1.165, 1.54) is 21.2 Å². The third-order valence-electron chi connectivity index (χ3n) is 6.26. The number of rotatable bonds is 8. The summed E-state index contributed by atoms with van der Waals surface area (Å²) in [6.07, 6.45) is 2.17. The van der Waals surface area contributed by atoms with Crippen molar-refractivity contribution < 1.29 is 13.2 Å². The van der Waals surface area contributed by atoms with E-state index in [0.717, 1.165) is 35.7 Å². The van der Waals surface area contributed by atoms with Gasteiger partial charge in [0.25, 0.3) is 10.0 Å². The minimum Gasteiger partial charge on any atom is -0.496 e. The van der Waals surface area contributed by atoms with E-state index in [1.54, 1.807) is 27.1 Å². The summed E-state index contributed by atoms with van der Waals surface area (Å²) in [5, 5.41) is 8.07. The van der Waals surface area contributed by atoms with Crippen molar-refractivity contribution in [2.75, 3.05) is 25.0 Å². The number of methoxy groups -OCH3 is 1. The Kier molecular flexibility index (Phi) is 11.0. The summed E-state index contributed by atoms with van der Waals surface area (Å²) in [5.41, 5.74) is 3.30. The molecule has 3 aromatic rings. The number of halogens is 2. The van der Waals surface area contributed by atoms with Crippen LogP contribution in [0.2, 0.25) is 0 Å². The summed E-state index contributed by atoms with van der Waals surface area (Å²) < 4.78 is 33.8. The van der Waals surface area contributed by atoms with Crippen LogP contribution in [0.1, 0.15) is 40.7 Å². The van der Waals surface area contributed by atoms with Crippen LogP contribution in [0.25, 0.3) is 0 Å². The number of aryl methyl sites for hydroxylation is 2. The molecule has 2 aromatic carbocycles. The molecule has 198 valence electrons. The number of hydrogen-bond acceptors (Lipinski definition) is 7. The number of ether oxygens (including phenoxy) is 1. The molecule has 0 aliphatic carbocycles. The van der Waals surface area contributed by atoms with Crippen LogP contribution in [-0.4, -0.2) is 40.1 Å². The minimum absolute atomic E-state index is 0. The second kappa shape index (κ2) is 13.1. The van der Waals surface area contributed by atoms with E-state index in [0.29, 0.717) is 17.9 Å². The van der Waals surface area contributed by atoms with Gasteiger partial charge in [-0.15, -0.1) is 36.2 Å². The van der Waals surface area contributed by atoms with Crippen LogP contribution in [0.15, 0.2) is 52.7 Å². The highest BCUT2D eigenvalue weighted by atomic mass is 35.5. The van der Waals surface area contributed by atoms with E-state index < -0.39 is 10.0 Å². The van der Waals surface area contributed by atoms with E-state index in [2.05, 4.69) is 39.9 Å². The van der Waals surface area contributed by atoms with Gasteiger partial charge in [0.15, 0.2) is 4.21 Å². The maximum atomic E-state index is 13.3. The van der Waals surface area contributed by atoms with Crippen LogP contribution < -0.4 is 19.7 Å². The van der Waals surface area contributed by atoms with Gasteiger partial charge >= 0.3 is 0 Å². The molecule has 1 aromatic heterocycles. The average Bonchev–Trinajstić information content (AvgIpc) is 3.21. The number of piperidine rings is 1. The lowest BCUT2D eigenvalue weighted by atomic mass is 9.92. The van der Waals surface area contributed by atoms with Crippen molar-refractivity contribution in [3.63, 3.8) is 0 Å². The first-order valence-electron chi connectivity index (χ1n) is 11.4. The molecule has 1 fully saturated rings.